The molecule has 1 heterocycles. The fourth-order valence-corrected chi connectivity index (χ4v) is 0.854. The normalized spacial score (nSPS) is 12.4. The summed E-state index contributed by atoms with van der Waals surface area (Å²) in [5.74, 6) is 0.577. The maximum Gasteiger partial charge on any atom is 0.100 e. The minimum absolute atomic E-state index is 0.253. The molecule has 0 bridgehead atoms. The van der Waals surface area contributed by atoms with Crippen molar-refractivity contribution < 1.29 is 0 Å². The molecule has 5 N–H and O–H groups in total. The number of aromatic amines is 1. The van der Waals surface area contributed by atoms with E-state index in [4.69, 9.17) is 16.7 Å². The Morgan fingerprint density at radius 1 is 1.64 bits per heavy atom. The number of aromatic nitrogens is 1. The molecule has 0 radical (unpaired) electrons. The summed E-state index contributed by atoms with van der Waals surface area (Å²) < 4.78 is 0. The van der Waals surface area contributed by atoms with Gasteiger partial charge in [-0.3, -0.25) is 0 Å². The first-order valence-corrected chi connectivity index (χ1v) is 3.31. The van der Waals surface area contributed by atoms with Crippen molar-refractivity contribution in [3.05, 3.63) is 17.8 Å². The van der Waals surface area contributed by atoms with Gasteiger partial charge in [-0.1, -0.05) is 0 Å². The van der Waals surface area contributed by atoms with Crippen molar-refractivity contribution in [1.82, 2.24) is 4.98 Å². The molecule has 1 aromatic rings. The number of hydrogen-bond donors (Lipinski definition) is 3. The topological polar surface area (TPSA) is 91.6 Å². The number of anilines is 1. The quantitative estimate of drug-likeness (QED) is 0.573. The molecule has 0 aromatic carbocycles. The first-order valence-electron chi connectivity index (χ1n) is 3.31. The lowest BCUT2D eigenvalue weighted by Crippen LogP contribution is -2.09. The third kappa shape index (κ3) is 1.72. The predicted molar refractivity (Wildman–Crippen MR) is 42.4 cm³/mol. The third-order valence-corrected chi connectivity index (χ3v) is 1.44. The Kier molecular flexibility index (Phi) is 2.14. The van der Waals surface area contributed by atoms with Crippen molar-refractivity contribution >= 4 is 5.82 Å². The number of nitriles is 1. The van der Waals surface area contributed by atoms with Crippen molar-refractivity contribution in [1.29, 1.82) is 5.26 Å². The van der Waals surface area contributed by atoms with Crippen LogP contribution in [0.3, 0.4) is 0 Å². The van der Waals surface area contributed by atoms with Gasteiger partial charge >= 0.3 is 0 Å². The Morgan fingerprint density at radius 3 is 2.82 bits per heavy atom. The molecule has 0 saturated heterocycles. The number of nitrogens with zero attached hydrogens (tertiary/aromatic N) is 1. The molecule has 4 heteroatoms. The number of nitrogen functional groups attached to an aromatic ring is 1. The van der Waals surface area contributed by atoms with Crippen LogP contribution in [0.2, 0.25) is 0 Å². The first-order chi connectivity index (χ1) is 5.24. The van der Waals surface area contributed by atoms with Crippen LogP contribution in [-0.2, 0) is 0 Å². The van der Waals surface area contributed by atoms with E-state index >= 15 is 0 Å². The lowest BCUT2D eigenvalue weighted by molar-refractivity contribution is 0.727. The van der Waals surface area contributed by atoms with Gasteiger partial charge in [-0.15, -0.1) is 0 Å². The highest BCUT2D eigenvalue weighted by atomic mass is 14.9. The van der Waals surface area contributed by atoms with Gasteiger partial charge in [0.2, 0.25) is 0 Å². The molecule has 0 aliphatic rings. The molecule has 0 fully saturated rings. The molecule has 0 aliphatic heterocycles. The largest absolute Gasteiger partial charge is 0.385 e. The summed E-state index contributed by atoms with van der Waals surface area (Å²) in [6.45, 7) is 0. The lowest BCUT2D eigenvalue weighted by Gasteiger charge is -2.02. The molecule has 0 unspecified atom stereocenters. The molecule has 0 spiro atoms. The van der Waals surface area contributed by atoms with E-state index < -0.39 is 0 Å². The number of nitrogens with two attached hydrogens (primary N) is 2. The first kappa shape index (κ1) is 7.63. The van der Waals surface area contributed by atoms with E-state index in [-0.39, 0.29) is 6.04 Å². The molecular formula is C7H10N4. The number of hydrogen-bond acceptors (Lipinski definition) is 3. The van der Waals surface area contributed by atoms with Crippen LogP contribution < -0.4 is 11.5 Å². The van der Waals surface area contributed by atoms with Crippen LogP contribution in [0, 0.1) is 11.3 Å². The molecular weight excluding hydrogens is 140 g/mol. The monoisotopic (exact) mass is 150 g/mol. The van der Waals surface area contributed by atoms with Crippen molar-refractivity contribution in [2.24, 2.45) is 5.73 Å². The molecule has 0 aliphatic carbocycles. The lowest BCUT2D eigenvalue weighted by atomic mass is 10.2. The molecule has 0 amide bonds. The maximum atomic E-state index is 8.33. The van der Waals surface area contributed by atoms with Gasteiger partial charge in [0.1, 0.15) is 5.82 Å². The van der Waals surface area contributed by atoms with Crippen molar-refractivity contribution in [3.8, 4) is 6.07 Å². The van der Waals surface area contributed by atoms with E-state index in [0.29, 0.717) is 12.2 Å². The molecule has 1 atom stereocenters. The van der Waals surface area contributed by atoms with Gasteiger partial charge in [-0.25, -0.2) is 0 Å². The van der Waals surface area contributed by atoms with E-state index in [1.807, 2.05) is 6.07 Å². The van der Waals surface area contributed by atoms with E-state index in [9.17, 15) is 0 Å². The van der Waals surface area contributed by atoms with Crippen LogP contribution >= 0.6 is 0 Å². The molecule has 0 saturated carbocycles. The highest BCUT2D eigenvalue weighted by molar-refractivity contribution is 5.32. The minimum atomic E-state index is -0.253. The van der Waals surface area contributed by atoms with E-state index in [0.717, 1.165) is 5.69 Å². The number of nitrogens with one attached hydrogen (secondary N) is 1. The predicted octanol–water partition coefficient (Wildman–Crippen LogP) is 0.510. The highest BCUT2D eigenvalue weighted by Gasteiger charge is 2.05. The molecule has 4 nitrogen and oxygen atoms in total. The average molecular weight is 150 g/mol. The average Bonchev–Trinajstić information content (AvgIpc) is 2.36. The Labute approximate surface area is 64.8 Å². The van der Waals surface area contributed by atoms with Crippen LogP contribution in [0.15, 0.2) is 12.1 Å². The van der Waals surface area contributed by atoms with Crippen LogP contribution in [0.4, 0.5) is 5.82 Å². The van der Waals surface area contributed by atoms with Gasteiger partial charge in [0.25, 0.3) is 0 Å². The van der Waals surface area contributed by atoms with Crippen molar-refractivity contribution in [2.45, 2.75) is 12.5 Å². The maximum absolute atomic E-state index is 8.33. The smallest absolute Gasteiger partial charge is 0.100 e. The Balaban J connectivity index is 2.70. The van der Waals surface area contributed by atoms with Crippen LogP contribution in [-0.4, -0.2) is 4.98 Å². The summed E-state index contributed by atoms with van der Waals surface area (Å²) in [5.41, 5.74) is 11.8. The van der Waals surface area contributed by atoms with Gasteiger partial charge in [0.15, 0.2) is 0 Å². The molecule has 1 aromatic heterocycles. The fourth-order valence-electron chi connectivity index (χ4n) is 0.854. The number of H-pyrrole nitrogens is 1. The Morgan fingerprint density at radius 2 is 2.36 bits per heavy atom. The zero-order valence-electron chi connectivity index (χ0n) is 6.04. The summed E-state index contributed by atoms with van der Waals surface area (Å²) in [6.07, 6.45) is 0.306. The summed E-state index contributed by atoms with van der Waals surface area (Å²) in [7, 11) is 0. The third-order valence-electron chi connectivity index (χ3n) is 1.44. The van der Waals surface area contributed by atoms with Gasteiger partial charge < -0.3 is 16.5 Å². The summed E-state index contributed by atoms with van der Waals surface area (Å²) in [5, 5.41) is 8.33. The summed E-state index contributed by atoms with van der Waals surface area (Å²) >= 11 is 0. The van der Waals surface area contributed by atoms with Gasteiger partial charge in [-0.2, -0.15) is 5.26 Å². The highest BCUT2D eigenvalue weighted by Crippen LogP contribution is 2.13. The zero-order valence-corrected chi connectivity index (χ0v) is 6.04. The Hall–Kier alpha value is -1.47. The SMILES string of the molecule is N#CC[C@H](N)c1ccc(N)[nH]1. The molecule has 1 rings (SSSR count). The van der Waals surface area contributed by atoms with Crippen LogP contribution in [0.5, 0.6) is 0 Å². The Bertz CT molecular complexity index is 270. The second-order valence-corrected chi connectivity index (χ2v) is 2.34. The summed E-state index contributed by atoms with van der Waals surface area (Å²) in [6, 6.07) is 5.25. The van der Waals surface area contributed by atoms with Gasteiger partial charge in [-0.05, 0) is 12.1 Å². The standard InChI is InChI=1S/C7H10N4/c8-4-3-5(9)6-1-2-7(10)11-6/h1-2,5,11H,3,9-10H2/t5-/m0/s1. The van der Waals surface area contributed by atoms with E-state index in [1.165, 1.54) is 0 Å². The van der Waals surface area contributed by atoms with E-state index in [1.54, 1.807) is 12.1 Å². The van der Waals surface area contributed by atoms with Crippen LogP contribution in [0.1, 0.15) is 18.2 Å². The number of rotatable bonds is 2. The van der Waals surface area contributed by atoms with Gasteiger partial charge in [0, 0.05) is 5.69 Å². The van der Waals surface area contributed by atoms with Crippen LogP contribution in [0.25, 0.3) is 0 Å². The second kappa shape index (κ2) is 3.08. The van der Waals surface area contributed by atoms with Gasteiger partial charge in [0.05, 0.1) is 18.5 Å². The minimum Gasteiger partial charge on any atom is -0.385 e. The second-order valence-electron chi connectivity index (χ2n) is 2.34. The fraction of sp³-hybridized carbons (Fsp3) is 0.286. The van der Waals surface area contributed by atoms with Crippen molar-refractivity contribution in [3.63, 3.8) is 0 Å². The molecule has 11 heavy (non-hydrogen) atoms. The van der Waals surface area contributed by atoms with Crippen molar-refractivity contribution in [2.75, 3.05) is 5.73 Å². The molecule has 58 valence electrons. The van der Waals surface area contributed by atoms with E-state index in [2.05, 4.69) is 4.98 Å². The zero-order chi connectivity index (χ0) is 8.27. The summed E-state index contributed by atoms with van der Waals surface area (Å²) in [4.78, 5) is 2.86.